The van der Waals surface area contributed by atoms with Gasteiger partial charge in [0.25, 0.3) is 0 Å². The Kier molecular flexibility index (Phi) is 6.46. The summed E-state index contributed by atoms with van der Waals surface area (Å²) in [5, 5.41) is 9.54. The molecule has 0 aliphatic rings. The van der Waals surface area contributed by atoms with Crippen molar-refractivity contribution in [3.63, 3.8) is 0 Å². The van der Waals surface area contributed by atoms with E-state index in [1.807, 2.05) is 6.07 Å². The third-order valence-electron chi connectivity index (χ3n) is 3.51. The first kappa shape index (κ1) is 19.3. The molecule has 0 spiro atoms. The van der Waals surface area contributed by atoms with Crippen molar-refractivity contribution in [2.75, 3.05) is 0 Å². The maximum absolute atomic E-state index is 13.2. The lowest BCUT2D eigenvalue weighted by atomic mass is 10.1. The average Bonchev–Trinajstić information content (AvgIpc) is 2.56. The predicted octanol–water partition coefficient (Wildman–Crippen LogP) is 6.00. The summed E-state index contributed by atoms with van der Waals surface area (Å²) in [7, 11) is 0. The van der Waals surface area contributed by atoms with Gasteiger partial charge in [-0.15, -0.1) is 0 Å². The first-order valence-electron chi connectivity index (χ1n) is 7.33. The van der Waals surface area contributed by atoms with E-state index in [0.29, 0.717) is 16.1 Å². The lowest BCUT2D eigenvalue weighted by Crippen LogP contribution is -2.23. The number of nitrogens with zero attached hydrogens (tertiary/aromatic N) is 2. The number of aryl methyl sites for hydroxylation is 1. The van der Waals surface area contributed by atoms with Crippen LogP contribution in [0.3, 0.4) is 0 Å². The zero-order valence-corrected chi connectivity index (χ0v) is 14.5. The minimum atomic E-state index is -4.51. The fourth-order valence-electron chi connectivity index (χ4n) is 2.15. The van der Waals surface area contributed by atoms with E-state index in [9.17, 15) is 13.2 Å². The maximum Gasteiger partial charge on any atom is 0.429 e. The Bertz CT molecular complexity index is 807. The Labute approximate surface area is 153 Å². The number of alkyl halides is 3. The van der Waals surface area contributed by atoms with Gasteiger partial charge in [-0.3, -0.25) is 4.99 Å². The molecular formula is C18H13Cl2F3N2. The van der Waals surface area contributed by atoms with Crippen LogP contribution in [0.15, 0.2) is 47.5 Å². The Balaban J connectivity index is 2.13. The lowest BCUT2D eigenvalue weighted by Gasteiger charge is -2.11. The van der Waals surface area contributed by atoms with Crippen LogP contribution < -0.4 is 0 Å². The standard InChI is InChI=1S/C18H13Cl2F3N2/c19-15-6-2-12(3-7-15)4-8-17(18(21,22)23)25-11-14-5-1-13(10-24)9-16(14)20/h1-3,5-7,9H,4,8,11H2. The third kappa shape index (κ3) is 5.77. The lowest BCUT2D eigenvalue weighted by molar-refractivity contribution is -0.0607. The first-order valence-corrected chi connectivity index (χ1v) is 8.08. The van der Waals surface area contributed by atoms with Crippen molar-refractivity contribution in [3.8, 4) is 6.07 Å². The van der Waals surface area contributed by atoms with Gasteiger partial charge in [-0.2, -0.15) is 18.4 Å². The molecule has 7 heteroatoms. The van der Waals surface area contributed by atoms with Crippen LogP contribution in [-0.4, -0.2) is 11.9 Å². The summed E-state index contributed by atoms with van der Waals surface area (Å²) in [6.07, 6.45) is -4.54. The number of hydrogen-bond acceptors (Lipinski definition) is 2. The zero-order chi connectivity index (χ0) is 18.4. The minimum absolute atomic E-state index is 0.194. The fourth-order valence-corrected chi connectivity index (χ4v) is 2.52. The van der Waals surface area contributed by atoms with Gasteiger partial charge >= 0.3 is 6.18 Å². The van der Waals surface area contributed by atoms with Crippen molar-refractivity contribution in [2.24, 2.45) is 4.99 Å². The van der Waals surface area contributed by atoms with Crippen molar-refractivity contribution in [1.29, 1.82) is 5.26 Å². The van der Waals surface area contributed by atoms with Crippen LogP contribution in [0.1, 0.15) is 23.1 Å². The van der Waals surface area contributed by atoms with Crippen molar-refractivity contribution in [1.82, 2.24) is 0 Å². The largest absolute Gasteiger partial charge is 0.429 e. The molecular weight excluding hydrogens is 372 g/mol. The van der Waals surface area contributed by atoms with Gasteiger partial charge in [0, 0.05) is 10.0 Å². The molecule has 0 atom stereocenters. The average molecular weight is 385 g/mol. The number of rotatable bonds is 5. The molecule has 0 amide bonds. The van der Waals surface area contributed by atoms with Crippen LogP contribution >= 0.6 is 23.2 Å². The van der Waals surface area contributed by atoms with E-state index in [2.05, 4.69) is 4.99 Å². The molecule has 0 radical (unpaired) electrons. The van der Waals surface area contributed by atoms with Crippen molar-refractivity contribution in [2.45, 2.75) is 25.6 Å². The van der Waals surface area contributed by atoms with Gasteiger partial charge in [0.15, 0.2) is 0 Å². The predicted molar refractivity (Wildman–Crippen MR) is 93.1 cm³/mol. The van der Waals surface area contributed by atoms with E-state index in [4.69, 9.17) is 28.5 Å². The molecule has 2 nitrogen and oxygen atoms in total. The molecule has 0 saturated heterocycles. The van der Waals surface area contributed by atoms with E-state index in [0.717, 1.165) is 5.56 Å². The molecule has 0 unspecified atom stereocenters. The number of halogens is 5. The zero-order valence-electron chi connectivity index (χ0n) is 12.9. The summed E-state index contributed by atoms with van der Waals surface area (Å²) in [6, 6.07) is 13.0. The number of nitriles is 1. The molecule has 2 aromatic rings. The highest BCUT2D eigenvalue weighted by Crippen LogP contribution is 2.24. The summed E-state index contributed by atoms with van der Waals surface area (Å²) < 4.78 is 39.5. The first-order chi connectivity index (χ1) is 11.8. The normalized spacial score (nSPS) is 12.1. The van der Waals surface area contributed by atoms with E-state index >= 15 is 0 Å². The molecule has 0 N–H and O–H groups in total. The summed E-state index contributed by atoms with van der Waals surface area (Å²) >= 11 is 11.7. The SMILES string of the molecule is N#Cc1ccc(CN=C(CCc2ccc(Cl)cc2)C(F)(F)F)c(Cl)c1. The number of hydrogen-bond donors (Lipinski definition) is 0. The van der Waals surface area contributed by atoms with Crippen LogP contribution in [0.4, 0.5) is 13.2 Å². The second kappa shape index (κ2) is 8.37. The second-order valence-corrected chi connectivity index (χ2v) is 6.15. The van der Waals surface area contributed by atoms with Gasteiger partial charge in [-0.05, 0) is 48.2 Å². The van der Waals surface area contributed by atoms with Gasteiger partial charge in [0.05, 0.1) is 18.2 Å². The van der Waals surface area contributed by atoms with Gasteiger partial charge < -0.3 is 0 Å². The van der Waals surface area contributed by atoms with E-state index in [-0.39, 0.29) is 24.4 Å². The molecule has 0 aliphatic heterocycles. The van der Waals surface area contributed by atoms with Crippen molar-refractivity contribution in [3.05, 3.63) is 69.2 Å². The Morgan fingerprint density at radius 2 is 1.76 bits per heavy atom. The highest BCUT2D eigenvalue weighted by molar-refractivity contribution is 6.31. The van der Waals surface area contributed by atoms with E-state index in [1.165, 1.54) is 18.2 Å². The molecule has 0 bridgehead atoms. The molecule has 0 saturated carbocycles. The maximum atomic E-state index is 13.2. The van der Waals surface area contributed by atoms with E-state index in [1.54, 1.807) is 24.3 Å². The molecule has 130 valence electrons. The van der Waals surface area contributed by atoms with E-state index < -0.39 is 11.9 Å². The second-order valence-electron chi connectivity index (χ2n) is 5.31. The summed E-state index contributed by atoms with van der Waals surface area (Å²) in [5.74, 6) is 0. The van der Waals surface area contributed by atoms with Crippen molar-refractivity contribution < 1.29 is 13.2 Å². The molecule has 2 aromatic carbocycles. The molecule has 25 heavy (non-hydrogen) atoms. The minimum Gasteiger partial charge on any atom is -0.280 e. The molecule has 0 aliphatic carbocycles. The number of benzene rings is 2. The van der Waals surface area contributed by atoms with Gasteiger partial charge in [0.1, 0.15) is 5.71 Å². The quantitative estimate of drug-likeness (QED) is 0.582. The van der Waals surface area contributed by atoms with Crippen LogP contribution in [0.5, 0.6) is 0 Å². The highest BCUT2D eigenvalue weighted by atomic mass is 35.5. The third-order valence-corrected chi connectivity index (χ3v) is 4.12. The summed E-state index contributed by atoms with van der Waals surface area (Å²) in [4.78, 5) is 3.71. The van der Waals surface area contributed by atoms with Crippen LogP contribution in [0.25, 0.3) is 0 Å². The molecule has 0 heterocycles. The van der Waals surface area contributed by atoms with Crippen molar-refractivity contribution >= 4 is 28.9 Å². The molecule has 2 rings (SSSR count). The van der Waals surface area contributed by atoms with Gasteiger partial charge in [-0.1, -0.05) is 41.4 Å². The Morgan fingerprint density at radius 1 is 1.08 bits per heavy atom. The Morgan fingerprint density at radius 3 is 2.32 bits per heavy atom. The van der Waals surface area contributed by atoms with Crippen LogP contribution in [0, 0.1) is 11.3 Å². The summed E-state index contributed by atoms with van der Waals surface area (Å²) in [6.45, 7) is -0.194. The van der Waals surface area contributed by atoms with Gasteiger partial charge in [0.2, 0.25) is 0 Å². The van der Waals surface area contributed by atoms with Crippen LogP contribution in [-0.2, 0) is 13.0 Å². The Hall–Kier alpha value is -2.03. The highest BCUT2D eigenvalue weighted by Gasteiger charge is 2.34. The smallest absolute Gasteiger partial charge is 0.280 e. The number of aliphatic imine (C=N–C) groups is 1. The summed E-state index contributed by atoms with van der Waals surface area (Å²) in [5.41, 5.74) is 0.686. The topological polar surface area (TPSA) is 36.1 Å². The molecule has 0 aromatic heterocycles. The molecule has 0 fully saturated rings. The monoisotopic (exact) mass is 384 g/mol. The van der Waals surface area contributed by atoms with Gasteiger partial charge in [-0.25, -0.2) is 0 Å². The fraction of sp³-hybridized carbons (Fsp3) is 0.222. The van der Waals surface area contributed by atoms with Crippen LogP contribution in [0.2, 0.25) is 10.0 Å².